The molecule has 0 spiro atoms. The maximum absolute atomic E-state index is 14.3. The van der Waals surface area contributed by atoms with Gasteiger partial charge in [0.2, 0.25) is 16.0 Å². The van der Waals surface area contributed by atoms with E-state index in [1.807, 2.05) is 13.8 Å². The van der Waals surface area contributed by atoms with E-state index in [1.54, 1.807) is 21.6 Å². The molecule has 0 aliphatic carbocycles. The highest BCUT2D eigenvalue weighted by atomic mass is 32.2. The Morgan fingerprint density at radius 2 is 1.72 bits per heavy atom. The Hall–Kier alpha value is -2.44. The van der Waals surface area contributed by atoms with Crippen LogP contribution in [-0.2, 0) is 10.0 Å². The van der Waals surface area contributed by atoms with Gasteiger partial charge in [0.05, 0.1) is 24.3 Å². The monoisotopic (exact) mass is 527 g/mol. The molecule has 8 nitrogen and oxygen atoms in total. The first kappa shape index (κ1) is 26.6. The molecule has 36 heavy (non-hydrogen) atoms. The van der Waals surface area contributed by atoms with Crippen LogP contribution in [0, 0.1) is 23.4 Å². The second-order valence-corrected chi connectivity index (χ2v) is 11.6. The van der Waals surface area contributed by atoms with Crippen LogP contribution in [0.3, 0.4) is 0 Å². The Kier molecular flexibility index (Phi) is 8.06. The third-order valence-electron chi connectivity index (χ3n) is 7.04. The van der Waals surface area contributed by atoms with Crippen LogP contribution in [0.4, 0.5) is 19.1 Å². The topological polar surface area (TPSA) is 102 Å². The number of benzene rings is 1. The van der Waals surface area contributed by atoms with Crippen molar-refractivity contribution in [2.45, 2.75) is 51.2 Å². The molecule has 0 saturated carbocycles. The molecule has 3 unspecified atom stereocenters. The number of ether oxygens (including phenoxy) is 1. The zero-order valence-electron chi connectivity index (χ0n) is 20.4. The lowest BCUT2D eigenvalue weighted by Crippen LogP contribution is -2.42. The predicted octanol–water partition coefficient (Wildman–Crippen LogP) is 3.04. The summed E-state index contributed by atoms with van der Waals surface area (Å²) in [4.78, 5) is 10.5. The number of sulfonamides is 1. The van der Waals surface area contributed by atoms with E-state index in [4.69, 9.17) is 10.5 Å². The molecule has 1 aromatic carbocycles. The van der Waals surface area contributed by atoms with E-state index >= 15 is 0 Å². The number of halogens is 3. The van der Waals surface area contributed by atoms with Gasteiger partial charge < -0.3 is 15.4 Å². The van der Waals surface area contributed by atoms with Crippen LogP contribution in [0.2, 0.25) is 0 Å². The van der Waals surface area contributed by atoms with Gasteiger partial charge >= 0.3 is 0 Å². The van der Waals surface area contributed by atoms with Gasteiger partial charge in [0.25, 0.3) is 0 Å². The van der Waals surface area contributed by atoms with Gasteiger partial charge in [0.15, 0.2) is 17.4 Å². The number of piperidine rings is 1. The Labute approximate surface area is 209 Å². The Morgan fingerprint density at radius 1 is 1.08 bits per heavy atom. The van der Waals surface area contributed by atoms with Gasteiger partial charge in [-0.2, -0.15) is 0 Å². The Morgan fingerprint density at radius 3 is 2.36 bits per heavy atom. The summed E-state index contributed by atoms with van der Waals surface area (Å²) in [5.41, 5.74) is 6.22. The second-order valence-electron chi connectivity index (χ2n) is 9.56. The van der Waals surface area contributed by atoms with Gasteiger partial charge in [-0.15, -0.1) is 0 Å². The average molecular weight is 528 g/mol. The van der Waals surface area contributed by atoms with E-state index in [1.165, 1.54) is 0 Å². The van der Waals surface area contributed by atoms with Crippen LogP contribution in [0.25, 0.3) is 0 Å². The summed E-state index contributed by atoms with van der Waals surface area (Å²) in [6.45, 7) is 5.39. The van der Waals surface area contributed by atoms with Gasteiger partial charge in [-0.25, -0.2) is 35.9 Å². The van der Waals surface area contributed by atoms with Gasteiger partial charge in [0.1, 0.15) is 5.82 Å². The number of aromatic nitrogens is 2. The minimum absolute atomic E-state index is 0.0335. The molecule has 3 heterocycles. The molecule has 1 aromatic heterocycles. The van der Waals surface area contributed by atoms with Crippen LogP contribution >= 0.6 is 0 Å². The zero-order valence-corrected chi connectivity index (χ0v) is 21.2. The van der Waals surface area contributed by atoms with Crippen molar-refractivity contribution in [3.05, 3.63) is 47.5 Å². The van der Waals surface area contributed by atoms with Crippen molar-refractivity contribution in [3.63, 3.8) is 0 Å². The molecule has 4 rings (SSSR count). The normalized spacial score (nSPS) is 22.7. The van der Waals surface area contributed by atoms with Crippen LogP contribution < -0.4 is 15.4 Å². The molecule has 2 saturated heterocycles. The fraction of sp³-hybridized carbons (Fsp3) is 0.583. The Balaban J connectivity index is 1.34. The van der Waals surface area contributed by atoms with Crippen LogP contribution in [0.1, 0.15) is 44.6 Å². The van der Waals surface area contributed by atoms with E-state index < -0.39 is 39.4 Å². The van der Waals surface area contributed by atoms with E-state index in [0.717, 1.165) is 18.9 Å². The fourth-order valence-electron chi connectivity index (χ4n) is 5.00. The standard InChI is InChI=1S/C24H32F3N5O3S/c1-3-8-36(33,34)32-6-4-16(5-7-32)15(2)35-17-11-29-24(30-12-17)31-13-19(23(28)14-31)18-9-21(26)22(27)10-20(18)25/h9-12,15-16,19,23H,3-8,13-14,28H2,1-2H3. The molecular weight excluding hydrogens is 495 g/mol. The van der Waals surface area contributed by atoms with E-state index in [9.17, 15) is 21.6 Å². The first-order chi connectivity index (χ1) is 17.1. The van der Waals surface area contributed by atoms with Crippen molar-refractivity contribution in [2.75, 3.05) is 36.8 Å². The number of hydrogen-bond donors (Lipinski definition) is 1. The number of nitrogens with zero attached hydrogens (tertiary/aromatic N) is 4. The summed E-state index contributed by atoms with van der Waals surface area (Å²) in [7, 11) is -3.18. The summed E-state index contributed by atoms with van der Waals surface area (Å²) in [6, 6.07) is 0.898. The van der Waals surface area contributed by atoms with Crippen LogP contribution in [-0.4, -0.2) is 66.8 Å². The third-order valence-corrected chi connectivity index (χ3v) is 9.12. The first-order valence-corrected chi connectivity index (χ1v) is 13.8. The molecule has 198 valence electrons. The molecular formula is C24H32F3N5O3S. The number of nitrogens with two attached hydrogens (primary N) is 1. The van der Waals surface area contributed by atoms with Crippen LogP contribution in [0.5, 0.6) is 5.75 Å². The predicted molar refractivity (Wildman–Crippen MR) is 130 cm³/mol. The lowest BCUT2D eigenvalue weighted by atomic mass is 9.93. The minimum atomic E-state index is -3.18. The van der Waals surface area contributed by atoms with Crippen molar-refractivity contribution in [3.8, 4) is 5.75 Å². The third kappa shape index (κ3) is 5.76. The zero-order chi connectivity index (χ0) is 26.0. The summed E-state index contributed by atoms with van der Waals surface area (Å²) < 4.78 is 73.4. The van der Waals surface area contributed by atoms with E-state index in [2.05, 4.69) is 9.97 Å². The highest BCUT2D eigenvalue weighted by Crippen LogP contribution is 2.32. The highest BCUT2D eigenvalue weighted by Gasteiger charge is 2.35. The lowest BCUT2D eigenvalue weighted by Gasteiger charge is -2.34. The van der Waals surface area contributed by atoms with E-state index in [0.29, 0.717) is 43.8 Å². The largest absolute Gasteiger partial charge is 0.487 e. The van der Waals surface area contributed by atoms with Gasteiger partial charge in [0, 0.05) is 44.2 Å². The molecule has 2 fully saturated rings. The SMILES string of the molecule is CCCS(=O)(=O)N1CCC(C(C)Oc2cnc(N3CC(N)C(c4cc(F)c(F)cc4F)C3)nc2)CC1. The molecule has 3 atom stereocenters. The molecule has 2 N–H and O–H groups in total. The smallest absolute Gasteiger partial charge is 0.225 e. The number of anilines is 1. The quantitative estimate of drug-likeness (QED) is 0.527. The minimum Gasteiger partial charge on any atom is -0.487 e. The van der Waals surface area contributed by atoms with Crippen molar-refractivity contribution in [1.82, 2.24) is 14.3 Å². The molecule has 12 heteroatoms. The summed E-state index contributed by atoms with van der Waals surface area (Å²) in [6.07, 6.45) is 5.00. The summed E-state index contributed by atoms with van der Waals surface area (Å²) in [5.74, 6) is -2.47. The van der Waals surface area contributed by atoms with Crippen molar-refractivity contribution < 1.29 is 26.3 Å². The average Bonchev–Trinajstić information content (AvgIpc) is 3.23. The first-order valence-electron chi connectivity index (χ1n) is 12.2. The fourth-order valence-corrected chi connectivity index (χ4v) is 6.54. The van der Waals surface area contributed by atoms with Crippen molar-refractivity contribution in [1.29, 1.82) is 0 Å². The van der Waals surface area contributed by atoms with Crippen molar-refractivity contribution in [2.24, 2.45) is 11.7 Å². The molecule has 0 amide bonds. The van der Waals surface area contributed by atoms with Crippen LogP contribution in [0.15, 0.2) is 24.5 Å². The highest BCUT2D eigenvalue weighted by molar-refractivity contribution is 7.89. The summed E-state index contributed by atoms with van der Waals surface area (Å²) >= 11 is 0. The Bertz CT molecular complexity index is 1160. The molecule has 2 aromatic rings. The molecule has 2 aliphatic heterocycles. The van der Waals surface area contributed by atoms with Gasteiger partial charge in [-0.1, -0.05) is 6.92 Å². The maximum atomic E-state index is 14.3. The molecule has 2 aliphatic rings. The molecule has 0 radical (unpaired) electrons. The number of rotatable bonds is 8. The molecule has 0 bridgehead atoms. The van der Waals surface area contributed by atoms with Crippen molar-refractivity contribution >= 4 is 16.0 Å². The number of hydrogen-bond acceptors (Lipinski definition) is 7. The second kappa shape index (κ2) is 10.9. The van der Waals surface area contributed by atoms with Gasteiger partial charge in [-0.05, 0) is 43.7 Å². The summed E-state index contributed by atoms with van der Waals surface area (Å²) in [5, 5.41) is 0. The van der Waals surface area contributed by atoms with Gasteiger partial charge in [-0.3, -0.25) is 0 Å². The maximum Gasteiger partial charge on any atom is 0.225 e. The lowest BCUT2D eigenvalue weighted by molar-refractivity contribution is 0.111. The van der Waals surface area contributed by atoms with E-state index in [-0.39, 0.29) is 29.9 Å².